The Labute approximate surface area is 281 Å². The van der Waals surface area contributed by atoms with Gasteiger partial charge >= 0.3 is 5.97 Å². The zero-order chi connectivity index (χ0) is 34.0. The van der Waals surface area contributed by atoms with Crippen LogP contribution >= 0.6 is 34.7 Å². The van der Waals surface area contributed by atoms with Gasteiger partial charge in [-0.05, 0) is 19.4 Å². The Morgan fingerprint density at radius 3 is 2.81 bits per heavy atom. The molecule has 4 atom stereocenters. The Bertz CT molecular complexity index is 1790. The molecule has 2 aliphatic rings. The molecule has 3 aromatic rings. The predicted octanol–water partition coefficient (Wildman–Crippen LogP) is 0.314. The van der Waals surface area contributed by atoms with Crippen molar-refractivity contribution in [1.29, 1.82) is 0 Å². The SMILES string of the molecule is COC[C@@H](N)CCn1c(N)cc2c1ccc[n+]2CC1=C(C=O)N2C(=O)C(NC(=O)/C(=N\O[C@@H](C)C(=O)O)c3nc(N)sc3Cl)C2SC1. The quantitative estimate of drug-likeness (QED) is 0.0501. The molecule has 0 aliphatic carbocycles. The number of hydrogen-bond acceptors (Lipinski definition) is 13. The van der Waals surface area contributed by atoms with Crippen molar-refractivity contribution in [3.05, 3.63) is 45.7 Å². The predicted molar refractivity (Wildman–Crippen MR) is 175 cm³/mol. The molecule has 0 bridgehead atoms. The number of aliphatic carboxylic acids is 1. The monoisotopic (exact) mass is 706 g/mol. The number of pyridine rings is 1. The number of aromatic nitrogens is 3. The van der Waals surface area contributed by atoms with Crippen LogP contribution in [0.15, 0.2) is 40.8 Å². The molecule has 0 spiro atoms. The molecule has 0 saturated carbocycles. The van der Waals surface area contributed by atoms with E-state index < -0.39 is 41.0 Å². The molecule has 1 saturated heterocycles. The minimum atomic E-state index is -1.39. The number of thioether (sulfide) groups is 1. The third-order valence-electron chi connectivity index (χ3n) is 7.63. The maximum absolute atomic E-state index is 13.4. The number of nitrogen functional groups attached to an aromatic ring is 2. The van der Waals surface area contributed by atoms with Gasteiger partial charge in [0.05, 0.1) is 18.4 Å². The number of anilines is 2. The summed E-state index contributed by atoms with van der Waals surface area (Å²) in [6.07, 6.45) is 1.79. The van der Waals surface area contributed by atoms with Crippen LogP contribution in [0.1, 0.15) is 19.0 Å². The first-order valence-electron chi connectivity index (χ1n) is 14.3. The van der Waals surface area contributed by atoms with Gasteiger partial charge in [-0.1, -0.05) is 28.1 Å². The molecular weight excluding hydrogens is 674 g/mol. The molecule has 0 radical (unpaired) electrons. The second kappa shape index (κ2) is 14.3. The van der Waals surface area contributed by atoms with Gasteiger partial charge in [-0.2, -0.15) is 4.57 Å². The number of aryl methyl sites for hydroxylation is 1. The number of fused-ring (bicyclic) bond motifs is 2. The van der Waals surface area contributed by atoms with Crippen LogP contribution in [-0.4, -0.2) is 92.4 Å². The lowest BCUT2D eigenvalue weighted by molar-refractivity contribution is -0.663. The summed E-state index contributed by atoms with van der Waals surface area (Å²) < 4.78 is 9.10. The van der Waals surface area contributed by atoms with Gasteiger partial charge in [0.25, 0.3) is 11.8 Å². The van der Waals surface area contributed by atoms with Gasteiger partial charge in [-0.25, -0.2) is 9.78 Å². The van der Waals surface area contributed by atoms with Gasteiger partial charge in [0, 0.05) is 37.1 Å². The number of methoxy groups -OCH3 is 1. The Kier molecular flexibility index (Phi) is 10.4. The van der Waals surface area contributed by atoms with Gasteiger partial charge in [0.2, 0.25) is 11.6 Å². The molecule has 8 N–H and O–H groups in total. The van der Waals surface area contributed by atoms with Crippen molar-refractivity contribution in [1.82, 2.24) is 19.8 Å². The van der Waals surface area contributed by atoms with E-state index in [1.165, 1.54) is 23.6 Å². The highest BCUT2D eigenvalue weighted by atomic mass is 35.5. The maximum atomic E-state index is 13.4. The van der Waals surface area contributed by atoms with Gasteiger partial charge in [-0.3, -0.25) is 19.3 Å². The minimum absolute atomic E-state index is 0.0201. The number of β-lactam (4-membered cyclic amide) rings is 1. The second-order valence-electron chi connectivity index (χ2n) is 10.8. The van der Waals surface area contributed by atoms with Gasteiger partial charge in [0.1, 0.15) is 32.8 Å². The number of amides is 2. The fourth-order valence-electron chi connectivity index (χ4n) is 5.24. The molecule has 250 valence electrons. The Balaban J connectivity index is 1.34. The number of halogens is 1. The lowest BCUT2D eigenvalue weighted by atomic mass is 10.0. The number of carboxylic acids is 1. The molecule has 47 heavy (non-hydrogen) atoms. The van der Waals surface area contributed by atoms with Crippen LogP contribution in [0.5, 0.6) is 0 Å². The summed E-state index contributed by atoms with van der Waals surface area (Å²) >= 11 is 8.45. The molecule has 2 unspecified atom stereocenters. The molecule has 19 heteroatoms. The average Bonchev–Trinajstić information content (AvgIpc) is 3.55. The Hall–Kier alpha value is -4.23. The fraction of sp³-hybridized carbons (Fsp3) is 0.393. The van der Waals surface area contributed by atoms with E-state index in [2.05, 4.69) is 15.5 Å². The number of aldehydes is 1. The van der Waals surface area contributed by atoms with Crippen molar-refractivity contribution < 1.29 is 38.4 Å². The molecule has 3 aromatic heterocycles. The number of thiazole rings is 1. The first-order valence-corrected chi connectivity index (χ1v) is 16.5. The Morgan fingerprint density at radius 2 is 2.15 bits per heavy atom. The zero-order valence-electron chi connectivity index (χ0n) is 25.3. The third kappa shape index (κ3) is 6.91. The summed E-state index contributed by atoms with van der Waals surface area (Å²) in [6.45, 7) is 2.57. The molecule has 16 nitrogen and oxygen atoms in total. The number of rotatable bonds is 14. The molecule has 5 heterocycles. The van der Waals surface area contributed by atoms with E-state index in [0.717, 1.165) is 22.4 Å². The van der Waals surface area contributed by atoms with E-state index in [9.17, 15) is 19.2 Å². The molecule has 1 fully saturated rings. The van der Waals surface area contributed by atoms with Crippen molar-refractivity contribution in [2.24, 2.45) is 10.9 Å². The third-order valence-corrected chi connectivity index (χ3v) is 10.1. The number of nitrogens with one attached hydrogen (secondary N) is 1. The lowest BCUT2D eigenvalue weighted by Gasteiger charge is -2.49. The smallest absolute Gasteiger partial charge is 0.347 e. The van der Waals surface area contributed by atoms with Gasteiger partial charge in [-0.15, -0.1) is 11.8 Å². The average molecular weight is 707 g/mol. The highest BCUT2D eigenvalue weighted by Crippen LogP contribution is 2.40. The highest BCUT2D eigenvalue weighted by Gasteiger charge is 2.53. The fourth-order valence-corrected chi connectivity index (χ4v) is 7.52. The number of carbonyl (C=O) groups is 4. The first kappa shape index (κ1) is 34.1. The van der Waals surface area contributed by atoms with Crippen LogP contribution < -0.4 is 27.1 Å². The molecule has 0 aromatic carbocycles. The van der Waals surface area contributed by atoms with Crippen LogP contribution in [-0.2, 0) is 41.8 Å². The summed E-state index contributed by atoms with van der Waals surface area (Å²) in [4.78, 5) is 60.6. The summed E-state index contributed by atoms with van der Waals surface area (Å²) in [5.41, 5.74) is 20.3. The number of allylic oxidation sites excluding steroid dienone is 1. The minimum Gasteiger partial charge on any atom is -0.478 e. The highest BCUT2D eigenvalue weighted by molar-refractivity contribution is 8.00. The lowest BCUT2D eigenvalue weighted by Crippen LogP contribution is -2.70. The molecule has 5 rings (SSSR count). The van der Waals surface area contributed by atoms with Crippen molar-refractivity contribution in [2.45, 2.75) is 50.0 Å². The number of hydrogen-bond donors (Lipinski definition) is 5. The largest absolute Gasteiger partial charge is 0.478 e. The van der Waals surface area contributed by atoms with E-state index >= 15 is 0 Å². The van der Waals surface area contributed by atoms with Crippen molar-refractivity contribution in [2.75, 3.05) is 30.9 Å². The Morgan fingerprint density at radius 1 is 1.38 bits per heavy atom. The molecule has 2 amide bonds. The zero-order valence-corrected chi connectivity index (χ0v) is 27.7. The summed E-state index contributed by atoms with van der Waals surface area (Å²) in [6, 6.07) is 4.54. The first-order chi connectivity index (χ1) is 22.4. The second-order valence-corrected chi connectivity index (χ2v) is 13.5. The number of nitrogens with two attached hydrogens (primary N) is 3. The van der Waals surface area contributed by atoms with Crippen LogP contribution in [0.4, 0.5) is 10.9 Å². The van der Waals surface area contributed by atoms with Gasteiger partial charge in [0.15, 0.2) is 29.9 Å². The van der Waals surface area contributed by atoms with Crippen molar-refractivity contribution >= 4 is 86.5 Å². The summed E-state index contributed by atoms with van der Waals surface area (Å²) in [7, 11) is 1.60. The maximum Gasteiger partial charge on any atom is 0.347 e. The molecule has 2 aliphatic heterocycles. The number of nitrogens with zero attached hydrogens (tertiary/aromatic N) is 5. The summed E-state index contributed by atoms with van der Waals surface area (Å²) in [5, 5.41) is 14.9. The van der Waals surface area contributed by atoms with Crippen molar-refractivity contribution in [3.63, 3.8) is 0 Å². The van der Waals surface area contributed by atoms with Gasteiger partial charge < -0.3 is 41.8 Å². The van der Waals surface area contributed by atoms with E-state index in [0.29, 0.717) is 49.5 Å². The van der Waals surface area contributed by atoms with Crippen LogP contribution in [0.3, 0.4) is 0 Å². The van der Waals surface area contributed by atoms with E-state index in [1.54, 1.807) is 7.11 Å². The molecular formula is C28H33ClN9O7S2+. The number of carbonyl (C=O) groups excluding carboxylic acids is 3. The van der Waals surface area contributed by atoms with E-state index in [4.69, 9.17) is 43.5 Å². The van der Waals surface area contributed by atoms with E-state index in [1.807, 2.05) is 33.5 Å². The topological polar surface area (TPSA) is 234 Å². The van der Waals surface area contributed by atoms with Crippen LogP contribution in [0, 0.1) is 0 Å². The normalized spacial score (nSPS) is 19.3. The van der Waals surface area contributed by atoms with Crippen molar-refractivity contribution in [3.8, 4) is 0 Å². The van der Waals surface area contributed by atoms with E-state index in [-0.39, 0.29) is 26.9 Å². The van der Waals surface area contributed by atoms with Crippen LogP contribution in [0.25, 0.3) is 11.0 Å². The number of ether oxygens (including phenoxy) is 1. The number of carboxylic acid groups (broad SMARTS) is 1. The number of oxime groups is 1. The summed E-state index contributed by atoms with van der Waals surface area (Å²) in [5.74, 6) is -1.75. The standard InChI is InChI=1S/C28H32ClN9O7S2/c1-13(27(42)43)45-35-21(20-23(29)47-28(32)34-20)24(40)33-22-25(41)38-18(10-39)14(12-46-26(22)38)9-36-6-3-4-16-17(36)8-19(31)37(16)7-5-15(30)11-44-2/h3-4,6,8,10,13,15,22,26,31H,5,7,9,11-12,30H2,1-2H3,(H4,32,33,34,40,42,43)/p+1/b35-21-/t13-,15-,22?,26?/m0/s1. The van der Waals surface area contributed by atoms with Crippen LogP contribution in [0.2, 0.25) is 4.34 Å².